The molecule has 0 bridgehead atoms. The van der Waals surface area contributed by atoms with E-state index in [1.54, 1.807) is 0 Å². The SMILES string of the molecule is CC(CC(=O)O)NS(=O)(=O)c1ccc(F)c([N+](=O)[O-])c1. The molecule has 0 saturated carbocycles. The molecule has 1 atom stereocenters. The Morgan fingerprint density at radius 3 is 2.65 bits per heavy atom. The van der Waals surface area contributed by atoms with Gasteiger partial charge in [-0.15, -0.1) is 0 Å². The van der Waals surface area contributed by atoms with Gasteiger partial charge in [-0.05, 0) is 19.1 Å². The van der Waals surface area contributed by atoms with Crippen molar-refractivity contribution in [3.05, 3.63) is 34.1 Å². The second-order valence-electron chi connectivity index (χ2n) is 3.99. The second-order valence-corrected chi connectivity index (χ2v) is 5.70. The lowest BCUT2D eigenvalue weighted by Crippen LogP contribution is -2.34. The van der Waals surface area contributed by atoms with Gasteiger partial charge < -0.3 is 5.11 Å². The van der Waals surface area contributed by atoms with Crippen molar-refractivity contribution in [1.29, 1.82) is 0 Å². The summed E-state index contributed by atoms with van der Waals surface area (Å²) in [6, 6.07) is 1.18. The maximum absolute atomic E-state index is 13.1. The van der Waals surface area contributed by atoms with Crippen LogP contribution in [0.3, 0.4) is 0 Å². The van der Waals surface area contributed by atoms with Crippen molar-refractivity contribution in [2.24, 2.45) is 0 Å². The summed E-state index contributed by atoms with van der Waals surface area (Å²) in [7, 11) is -4.16. The van der Waals surface area contributed by atoms with Gasteiger partial charge in [0.15, 0.2) is 0 Å². The minimum Gasteiger partial charge on any atom is -0.481 e. The third-order valence-electron chi connectivity index (χ3n) is 2.26. The number of nitrogens with zero attached hydrogens (tertiary/aromatic N) is 1. The van der Waals surface area contributed by atoms with Crippen LogP contribution in [0.4, 0.5) is 10.1 Å². The number of carbonyl (C=O) groups is 1. The van der Waals surface area contributed by atoms with Crippen molar-refractivity contribution in [3.8, 4) is 0 Å². The molecule has 0 aliphatic heterocycles. The number of carboxylic acids is 1. The lowest BCUT2D eigenvalue weighted by molar-refractivity contribution is -0.387. The van der Waals surface area contributed by atoms with Gasteiger partial charge in [0.2, 0.25) is 15.8 Å². The molecule has 10 heteroatoms. The number of rotatable bonds is 6. The van der Waals surface area contributed by atoms with Crippen LogP contribution in [0.25, 0.3) is 0 Å². The molecule has 1 aromatic rings. The Kier molecular flexibility index (Phi) is 4.73. The van der Waals surface area contributed by atoms with Crippen LogP contribution in [-0.4, -0.2) is 30.5 Å². The third-order valence-corrected chi connectivity index (χ3v) is 3.85. The maximum Gasteiger partial charge on any atom is 0.306 e. The summed E-state index contributed by atoms with van der Waals surface area (Å²) in [4.78, 5) is 19.4. The van der Waals surface area contributed by atoms with Crippen LogP contribution >= 0.6 is 0 Å². The summed E-state index contributed by atoms with van der Waals surface area (Å²) in [6.45, 7) is 1.32. The Hall–Kier alpha value is -2.07. The molecule has 0 aromatic heterocycles. The smallest absolute Gasteiger partial charge is 0.306 e. The monoisotopic (exact) mass is 306 g/mol. The van der Waals surface area contributed by atoms with Crippen molar-refractivity contribution in [2.45, 2.75) is 24.3 Å². The van der Waals surface area contributed by atoms with E-state index in [2.05, 4.69) is 0 Å². The van der Waals surface area contributed by atoms with Crippen molar-refractivity contribution >= 4 is 21.7 Å². The molecule has 0 aliphatic rings. The molecule has 2 N–H and O–H groups in total. The molecule has 110 valence electrons. The van der Waals surface area contributed by atoms with E-state index < -0.39 is 49.8 Å². The molecule has 1 unspecified atom stereocenters. The predicted molar refractivity (Wildman–Crippen MR) is 65.1 cm³/mol. The third kappa shape index (κ3) is 3.96. The van der Waals surface area contributed by atoms with E-state index in [-0.39, 0.29) is 0 Å². The Morgan fingerprint density at radius 2 is 2.15 bits per heavy atom. The van der Waals surface area contributed by atoms with E-state index >= 15 is 0 Å². The van der Waals surface area contributed by atoms with Gasteiger partial charge in [0.25, 0.3) is 0 Å². The number of nitro benzene ring substituents is 1. The Balaban J connectivity index is 3.07. The fourth-order valence-electron chi connectivity index (χ4n) is 1.44. The van der Waals surface area contributed by atoms with Crippen LogP contribution in [-0.2, 0) is 14.8 Å². The highest BCUT2D eigenvalue weighted by Gasteiger charge is 2.23. The Bertz CT molecular complexity index is 645. The van der Waals surface area contributed by atoms with Gasteiger partial charge in [-0.2, -0.15) is 4.39 Å². The number of hydrogen-bond acceptors (Lipinski definition) is 5. The summed E-state index contributed by atoms with van der Waals surface area (Å²) in [5.74, 6) is -2.36. The molecule has 0 fully saturated rings. The molecule has 8 nitrogen and oxygen atoms in total. The van der Waals surface area contributed by atoms with Crippen molar-refractivity contribution in [3.63, 3.8) is 0 Å². The van der Waals surface area contributed by atoms with E-state index in [9.17, 15) is 27.7 Å². The van der Waals surface area contributed by atoms with E-state index in [0.717, 1.165) is 6.07 Å². The van der Waals surface area contributed by atoms with Crippen LogP contribution in [0.1, 0.15) is 13.3 Å². The first kappa shape index (κ1) is 16.0. The highest BCUT2D eigenvalue weighted by atomic mass is 32.2. The fourth-order valence-corrected chi connectivity index (χ4v) is 2.70. The number of nitrogens with one attached hydrogen (secondary N) is 1. The molecule has 1 rings (SSSR count). The highest BCUT2D eigenvalue weighted by molar-refractivity contribution is 7.89. The number of hydrogen-bond donors (Lipinski definition) is 2. The highest BCUT2D eigenvalue weighted by Crippen LogP contribution is 2.21. The number of aliphatic carboxylic acids is 1. The van der Waals surface area contributed by atoms with E-state index in [1.165, 1.54) is 6.92 Å². The molecular formula is C10H11FN2O6S. The number of sulfonamides is 1. The molecule has 1 aromatic carbocycles. The van der Waals surface area contributed by atoms with E-state index in [1.807, 2.05) is 4.72 Å². The molecular weight excluding hydrogens is 295 g/mol. The zero-order valence-corrected chi connectivity index (χ0v) is 11.1. The largest absolute Gasteiger partial charge is 0.481 e. The lowest BCUT2D eigenvalue weighted by atomic mass is 10.3. The van der Waals surface area contributed by atoms with Crippen LogP contribution in [0.2, 0.25) is 0 Å². The van der Waals surface area contributed by atoms with Crippen LogP contribution in [0.5, 0.6) is 0 Å². The van der Waals surface area contributed by atoms with Gasteiger partial charge in [-0.1, -0.05) is 0 Å². The molecule has 0 radical (unpaired) electrons. The first-order valence-corrected chi connectivity index (χ1v) is 6.80. The molecule has 0 heterocycles. The lowest BCUT2D eigenvalue weighted by Gasteiger charge is -2.12. The maximum atomic E-state index is 13.1. The van der Waals surface area contributed by atoms with E-state index in [0.29, 0.717) is 12.1 Å². The zero-order valence-electron chi connectivity index (χ0n) is 10.2. The topological polar surface area (TPSA) is 127 Å². The average molecular weight is 306 g/mol. The first-order valence-electron chi connectivity index (χ1n) is 5.31. The van der Waals surface area contributed by atoms with E-state index in [4.69, 9.17) is 5.11 Å². The zero-order chi connectivity index (χ0) is 15.5. The van der Waals surface area contributed by atoms with Gasteiger partial charge >= 0.3 is 11.7 Å². The van der Waals surface area contributed by atoms with Crippen LogP contribution in [0, 0.1) is 15.9 Å². The fraction of sp³-hybridized carbons (Fsp3) is 0.300. The molecule has 0 spiro atoms. The Labute approximate surface area is 113 Å². The summed E-state index contributed by atoms with van der Waals surface area (Å²) in [5, 5.41) is 19.1. The molecule has 20 heavy (non-hydrogen) atoms. The molecule has 0 amide bonds. The van der Waals surface area contributed by atoms with Crippen molar-refractivity contribution < 1.29 is 27.6 Å². The average Bonchev–Trinajstić information content (AvgIpc) is 2.26. The van der Waals surface area contributed by atoms with Gasteiger partial charge in [-0.25, -0.2) is 13.1 Å². The second kappa shape index (κ2) is 5.92. The van der Waals surface area contributed by atoms with Gasteiger partial charge in [0.05, 0.1) is 16.2 Å². The summed E-state index contributed by atoms with van der Waals surface area (Å²) in [5.41, 5.74) is -0.973. The number of nitro groups is 1. The minimum absolute atomic E-state index is 0.456. The number of benzene rings is 1. The first-order chi connectivity index (χ1) is 9.13. The number of halogens is 1. The van der Waals surface area contributed by atoms with Crippen LogP contribution < -0.4 is 4.72 Å². The van der Waals surface area contributed by atoms with Crippen LogP contribution in [0.15, 0.2) is 23.1 Å². The normalized spacial score (nSPS) is 12.9. The molecule has 0 saturated heterocycles. The summed E-state index contributed by atoms with van der Waals surface area (Å²) >= 11 is 0. The predicted octanol–water partition coefficient (Wildman–Crippen LogP) is 0.875. The van der Waals surface area contributed by atoms with Gasteiger partial charge in [-0.3, -0.25) is 14.9 Å². The standard InChI is InChI=1S/C10H11FN2O6S/c1-6(4-10(14)15)12-20(18,19)7-2-3-8(11)9(5-7)13(16)17/h2-3,5-6,12H,4H2,1H3,(H,14,15). The summed E-state index contributed by atoms with van der Waals surface area (Å²) in [6.07, 6.45) is -0.456. The summed E-state index contributed by atoms with van der Waals surface area (Å²) < 4.78 is 38.9. The minimum atomic E-state index is -4.16. The van der Waals surface area contributed by atoms with Crippen molar-refractivity contribution in [2.75, 3.05) is 0 Å². The molecule has 0 aliphatic carbocycles. The van der Waals surface area contributed by atoms with Crippen molar-refractivity contribution in [1.82, 2.24) is 4.72 Å². The quantitative estimate of drug-likeness (QED) is 0.593. The Morgan fingerprint density at radius 1 is 1.55 bits per heavy atom. The van der Waals surface area contributed by atoms with Gasteiger partial charge in [0.1, 0.15) is 0 Å². The number of carboxylic acid groups (broad SMARTS) is 1. The van der Waals surface area contributed by atoms with Gasteiger partial charge in [0, 0.05) is 12.1 Å².